The minimum atomic E-state index is -4.27. The van der Waals surface area contributed by atoms with Gasteiger partial charge in [0.25, 0.3) is 15.7 Å². The van der Waals surface area contributed by atoms with Crippen molar-refractivity contribution < 1.29 is 22.9 Å². The average Bonchev–Trinajstić information content (AvgIpc) is 3.16. The van der Waals surface area contributed by atoms with E-state index in [1.54, 1.807) is 0 Å². The fourth-order valence-corrected chi connectivity index (χ4v) is 5.02. The molecule has 0 radical (unpaired) electrons. The molecule has 132 valence electrons. The molecule has 25 heavy (non-hydrogen) atoms. The van der Waals surface area contributed by atoms with Crippen LogP contribution in [0.15, 0.2) is 29.2 Å². The minimum absolute atomic E-state index is 0.106. The number of thiophene rings is 1. The first kappa shape index (κ1) is 17.3. The SMILES string of the molecule is COC(=O)c1sc2c(c1NS(=O)(=O)c1ccccc1[N+](=O)[O-])CNC2. The van der Waals surface area contributed by atoms with E-state index in [1.807, 2.05) is 0 Å². The van der Waals surface area contributed by atoms with Crippen molar-refractivity contribution in [3.05, 3.63) is 49.7 Å². The zero-order valence-electron chi connectivity index (χ0n) is 12.9. The first-order valence-corrected chi connectivity index (χ1v) is 9.35. The number of nitro benzene ring substituents is 1. The Bertz CT molecular complexity index is 967. The summed E-state index contributed by atoms with van der Waals surface area (Å²) in [4.78, 5) is 22.8. The maximum atomic E-state index is 12.7. The van der Waals surface area contributed by atoms with E-state index in [4.69, 9.17) is 4.74 Å². The number of ether oxygens (including phenoxy) is 1. The van der Waals surface area contributed by atoms with Gasteiger partial charge in [0.2, 0.25) is 0 Å². The Balaban J connectivity index is 2.09. The lowest BCUT2D eigenvalue weighted by molar-refractivity contribution is -0.387. The number of anilines is 1. The number of rotatable bonds is 5. The standard InChI is InChI=1S/C14H13N3O6S2/c1-23-14(18)13-12(8-6-15-7-10(8)24-13)16-25(21,22)11-5-3-2-4-9(11)17(19)20/h2-5,15-16H,6-7H2,1H3. The molecule has 0 amide bonds. The molecule has 0 unspecified atom stereocenters. The number of hydrogen-bond acceptors (Lipinski definition) is 8. The number of esters is 1. The fourth-order valence-electron chi connectivity index (χ4n) is 2.51. The highest BCUT2D eigenvalue weighted by Crippen LogP contribution is 2.38. The highest BCUT2D eigenvalue weighted by Gasteiger charge is 2.31. The molecule has 1 aromatic heterocycles. The first-order valence-electron chi connectivity index (χ1n) is 7.05. The van der Waals surface area contributed by atoms with Crippen LogP contribution in [0.4, 0.5) is 11.4 Å². The molecule has 11 heteroatoms. The molecule has 0 fully saturated rings. The van der Waals surface area contributed by atoms with Gasteiger partial charge in [0.1, 0.15) is 4.88 Å². The molecule has 0 saturated carbocycles. The van der Waals surface area contributed by atoms with E-state index in [0.29, 0.717) is 18.7 Å². The zero-order chi connectivity index (χ0) is 18.2. The number of carbonyl (C=O) groups excluding carboxylic acids is 1. The van der Waals surface area contributed by atoms with Crippen molar-refractivity contribution in [3.8, 4) is 0 Å². The summed E-state index contributed by atoms with van der Waals surface area (Å²) in [5, 5.41) is 14.2. The predicted octanol–water partition coefficient (Wildman–Crippen LogP) is 1.85. The van der Waals surface area contributed by atoms with E-state index < -0.39 is 31.5 Å². The van der Waals surface area contributed by atoms with E-state index in [0.717, 1.165) is 28.3 Å². The lowest BCUT2D eigenvalue weighted by Gasteiger charge is -2.10. The van der Waals surface area contributed by atoms with Crippen LogP contribution in [-0.2, 0) is 27.8 Å². The Morgan fingerprint density at radius 1 is 1.36 bits per heavy atom. The highest BCUT2D eigenvalue weighted by atomic mass is 32.2. The van der Waals surface area contributed by atoms with Gasteiger partial charge in [-0.15, -0.1) is 11.3 Å². The minimum Gasteiger partial charge on any atom is -0.465 e. The van der Waals surface area contributed by atoms with Crippen molar-refractivity contribution >= 4 is 38.7 Å². The molecule has 0 aliphatic carbocycles. The second-order valence-corrected chi connectivity index (χ2v) is 7.89. The van der Waals surface area contributed by atoms with Gasteiger partial charge in [-0.05, 0) is 6.07 Å². The van der Waals surface area contributed by atoms with Crippen molar-refractivity contribution in [2.45, 2.75) is 18.0 Å². The molecule has 1 aromatic carbocycles. The third-order valence-corrected chi connectivity index (χ3v) is 6.25. The smallest absolute Gasteiger partial charge is 0.350 e. The van der Waals surface area contributed by atoms with Crippen molar-refractivity contribution in [3.63, 3.8) is 0 Å². The number of para-hydroxylation sites is 1. The number of nitrogens with one attached hydrogen (secondary N) is 2. The van der Waals surface area contributed by atoms with E-state index in [9.17, 15) is 23.3 Å². The molecule has 2 aromatic rings. The largest absolute Gasteiger partial charge is 0.465 e. The molecule has 1 aliphatic rings. The second-order valence-electron chi connectivity index (χ2n) is 5.13. The van der Waals surface area contributed by atoms with Crippen LogP contribution < -0.4 is 10.0 Å². The summed E-state index contributed by atoms with van der Waals surface area (Å²) in [6.07, 6.45) is 0. The molecule has 0 bridgehead atoms. The molecule has 0 saturated heterocycles. The zero-order valence-corrected chi connectivity index (χ0v) is 14.6. The van der Waals surface area contributed by atoms with Crippen LogP contribution in [-0.4, -0.2) is 26.4 Å². The third kappa shape index (κ3) is 3.08. The summed E-state index contributed by atoms with van der Waals surface area (Å²) in [7, 11) is -3.07. The number of nitrogens with zero attached hydrogens (tertiary/aromatic N) is 1. The third-order valence-electron chi connectivity index (χ3n) is 3.64. The van der Waals surface area contributed by atoms with Gasteiger partial charge in [0.15, 0.2) is 4.90 Å². The Morgan fingerprint density at radius 3 is 2.76 bits per heavy atom. The molecular formula is C14H13N3O6S2. The summed E-state index contributed by atoms with van der Waals surface area (Å²) < 4.78 is 32.4. The molecule has 2 N–H and O–H groups in total. The van der Waals surface area contributed by atoms with Crippen LogP contribution in [0.25, 0.3) is 0 Å². The second kappa shape index (κ2) is 6.43. The van der Waals surface area contributed by atoms with E-state index in [1.165, 1.54) is 19.2 Å². The van der Waals surface area contributed by atoms with Gasteiger partial charge in [0.05, 0.1) is 17.7 Å². The molecule has 0 atom stereocenters. The van der Waals surface area contributed by atoms with Crippen molar-refractivity contribution in [1.29, 1.82) is 0 Å². The summed E-state index contributed by atoms with van der Waals surface area (Å²) in [6.45, 7) is 0.898. The number of sulfonamides is 1. The van der Waals surface area contributed by atoms with E-state index >= 15 is 0 Å². The van der Waals surface area contributed by atoms with E-state index in [2.05, 4.69) is 10.0 Å². The van der Waals surface area contributed by atoms with Crippen molar-refractivity contribution in [2.75, 3.05) is 11.8 Å². The highest BCUT2D eigenvalue weighted by molar-refractivity contribution is 7.93. The van der Waals surface area contributed by atoms with Crippen LogP contribution in [0.2, 0.25) is 0 Å². The number of benzene rings is 1. The maximum Gasteiger partial charge on any atom is 0.350 e. The normalized spacial score (nSPS) is 13.3. The Morgan fingerprint density at radius 2 is 2.08 bits per heavy atom. The first-order chi connectivity index (χ1) is 11.8. The van der Waals surface area contributed by atoms with Gasteiger partial charge in [-0.25, -0.2) is 13.2 Å². The number of carbonyl (C=O) groups is 1. The average molecular weight is 383 g/mol. The van der Waals surface area contributed by atoms with Gasteiger partial charge in [-0.2, -0.15) is 0 Å². The molecule has 0 spiro atoms. The van der Waals surface area contributed by atoms with Crippen LogP contribution in [0.3, 0.4) is 0 Å². The molecular weight excluding hydrogens is 370 g/mol. The number of fused-ring (bicyclic) bond motifs is 1. The Labute approximate surface area is 146 Å². The molecule has 2 heterocycles. The summed E-state index contributed by atoms with van der Waals surface area (Å²) >= 11 is 1.13. The summed E-state index contributed by atoms with van der Waals surface area (Å²) in [6, 6.07) is 5.02. The van der Waals surface area contributed by atoms with Gasteiger partial charge < -0.3 is 10.1 Å². The van der Waals surface area contributed by atoms with Crippen LogP contribution in [0, 0.1) is 10.1 Å². The fraction of sp³-hybridized carbons (Fsp3) is 0.214. The predicted molar refractivity (Wildman–Crippen MR) is 90.1 cm³/mol. The van der Waals surface area contributed by atoms with Gasteiger partial charge in [0, 0.05) is 29.6 Å². The number of nitro groups is 1. The topological polar surface area (TPSA) is 128 Å². The van der Waals surface area contributed by atoms with Gasteiger partial charge in [-0.3, -0.25) is 14.8 Å². The van der Waals surface area contributed by atoms with Gasteiger partial charge in [-0.1, -0.05) is 12.1 Å². The quantitative estimate of drug-likeness (QED) is 0.458. The number of hydrogen-bond donors (Lipinski definition) is 2. The summed E-state index contributed by atoms with van der Waals surface area (Å²) in [5.74, 6) is -0.667. The van der Waals surface area contributed by atoms with Crippen LogP contribution >= 0.6 is 11.3 Å². The number of methoxy groups -OCH3 is 1. The Hall–Kier alpha value is -2.50. The van der Waals surface area contributed by atoms with Crippen molar-refractivity contribution in [2.24, 2.45) is 0 Å². The lowest BCUT2D eigenvalue weighted by atomic mass is 10.2. The summed E-state index contributed by atoms with van der Waals surface area (Å²) in [5.41, 5.74) is 0.210. The van der Waals surface area contributed by atoms with Crippen LogP contribution in [0.1, 0.15) is 20.1 Å². The Kier molecular flexibility index (Phi) is 4.45. The lowest BCUT2D eigenvalue weighted by Crippen LogP contribution is -2.17. The van der Waals surface area contributed by atoms with Gasteiger partial charge >= 0.3 is 5.97 Å². The molecule has 1 aliphatic heterocycles. The van der Waals surface area contributed by atoms with Crippen molar-refractivity contribution in [1.82, 2.24) is 5.32 Å². The van der Waals surface area contributed by atoms with E-state index in [-0.39, 0.29) is 10.6 Å². The molecule has 9 nitrogen and oxygen atoms in total. The maximum absolute atomic E-state index is 12.7. The molecule has 3 rings (SSSR count). The monoisotopic (exact) mass is 383 g/mol. The van der Waals surface area contributed by atoms with Crippen LogP contribution in [0.5, 0.6) is 0 Å².